The number of nitro benzene ring substituents is 1. The Morgan fingerprint density at radius 2 is 1.78 bits per heavy atom. The van der Waals surface area contributed by atoms with Gasteiger partial charge in [-0.1, -0.05) is 30.3 Å². The number of hydrogen-bond donors (Lipinski definition) is 1. The third kappa shape index (κ3) is 7.28. The Morgan fingerprint density at radius 1 is 1.11 bits per heavy atom. The Morgan fingerprint density at radius 3 is 2.41 bits per heavy atom. The molecule has 0 bridgehead atoms. The van der Waals surface area contributed by atoms with Gasteiger partial charge < -0.3 is 9.47 Å². The minimum absolute atomic E-state index is 0. The van der Waals surface area contributed by atoms with Crippen molar-refractivity contribution < 1.29 is 24.0 Å². The largest absolute Gasteiger partial charge is 0.456 e. The molecule has 0 atom stereocenters. The zero-order chi connectivity index (χ0) is 25.9. The first-order chi connectivity index (χ1) is 17.1. The Bertz CT molecular complexity index is 1270. The second-order valence-corrected chi connectivity index (χ2v) is 10.5. The maximum atomic E-state index is 13.1. The Labute approximate surface area is 224 Å². The van der Waals surface area contributed by atoms with Crippen molar-refractivity contribution in [1.29, 1.82) is 0 Å². The molecule has 0 spiro atoms. The van der Waals surface area contributed by atoms with Crippen molar-refractivity contribution in [2.75, 3.05) is 11.9 Å². The van der Waals surface area contributed by atoms with Gasteiger partial charge in [-0.15, -0.1) is 23.7 Å². The van der Waals surface area contributed by atoms with Crippen LogP contribution in [0.3, 0.4) is 0 Å². The van der Waals surface area contributed by atoms with Gasteiger partial charge in [0.15, 0.2) is 0 Å². The highest BCUT2D eigenvalue weighted by molar-refractivity contribution is 7.17. The number of benzene rings is 2. The summed E-state index contributed by atoms with van der Waals surface area (Å²) in [5.74, 6) is -0.352. The third-order valence-electron chi connectivity index (χ3n) is 5.46. The van der Waals surface area contributed by atoms with E-state index < -0.39 is 22.6 Å². The van der Waals surface area contributed by atoms with Crippen molar-refractivity contribution >= 4 is 46.5 Å². The van der Waals surface area contributed by atoms with Crippen LogP contribution in [0, 0.1) is 10.1 Å². The second kappa shape index (κ2) is 11.7. The molecule has 0 fully saturated rings. The zero-order valence-corrected chi connectivity index (χ0v) is 22.3. The fourth-order valence-corrected chi connectivity index (χ4v) is 5.19. The normalized spacial score (nSPS) is 13.2. The van der Waals surface area contributed by atoms with E-state index in [1.165, 1.54) is 41.2 Å². The zero-order valence-electron chi connectivity index (χ0n) is 20.7. The molecule has 196 valence electrons. The topological polar surface area (TPSA) is 111 Å². The molecule has 9 nitrogen and oxygen atoms in total. The third-order valence-corrected chi connectivity index (χ3v) is 6.59. The number of thiophene rings is 1. The lowest BCUT2D eigenvalue weighted by molar-refractivity contribution is -0.384. The average molecular weight is 546 g/mol. The molecular weight excluding hydrogens is 518 g/mol. The summed E-state index contributed by atoms with van der Waals surface area (Å²) in [6.45, 7) is 7.57. The molecule has 4 rings (SSSR count). The van der Waals surface area contributed by atoms with Crippen LogP contribution in [0.2, 0.25) is 0 Å². The van der Waals surface area contributed by atoms with Crippen LogP contribution in [-0.2, 0) is 24.2 Å². The lowest BCUT2D eigenvalue weighted by Gasteiger charge is -2.27. The summed E-state index contributed by atoms with van der Waals surface area (Å²) in [7, 11) is 0. The molecule has 0 saturated heterocycles. The highest BCUT2D eigenvalue weighted by Crippen LogP contribution is 2.38. The highest BCUT2D eigenvalue weighted by atomic mass is 35.5. The number of hydrogen-bond acceptors (Lipinski definition) is 8. The second-order valence-electron chi connectivity index (χ2n) is 9.42. The van der Waals surface area contributed by atoms with Gasteiger partial charge in [-0.3, -0.25) is 20.3 Å². The van der Waals surface area contributed by atoms with E-state index >= 15 is 0 Å². The summed E-state index contributed by atoms with van der Waals surface area (Å²) in [4.78, 5) is 39.4. The number of esters is 1. The minimum Gasteiger partial charge on any atom is -0.456 e. The number of carbonyl (C=O) groups is 2. The van der Waals surface area contributed by atoms with E-state index in [0.29, 0.717) is 23.5 Å². The van der Waals surface area contributed by atoms with Crippen molar-refractivity contribution in [3.63, 3.8) is 0 Å². The molecule has 1 N–H and O–H groups in total. The highest BCUT2D eigenvalue weighted by Gasteiger charge is 2.31. The van der Waals surface area contributed by atoms with Gasteiger partial charge in [0.1, 0.15) is 16.4 Å². The number of anilines is 1. The molecular formula is C26H28ClN3O6S. The van der Waals surface area contributed by atoms with E-state index in [0.717, 1.165) is 23.5 Å². The number of nitrogens with zero attached hydrogens (tertiary/aromatic N) is 2. The van der Waals surface area contributed by atoms with E-state index in [-0.39, 0.29) is 23.8 Å². The van der Waals surface area contributed by atoms with E-state index in [2.05, 4.69) is 22.3 Å². The van der Waals surface area contributed by atoms with Gasteiger partial charge >= 0.3 is 12.1 Å². The van der Waals surface area contributed by atoms with Crippen LogP contribution in [0.5, 0.6) is 5.75 Å². The van der Waals surface area contributed by atoms with Crippen molar-refractivity contribution in [2.24, 2.45) is 0 Å². The van der Waals surface area contributed by atoms with E-state index in [4.69, 9.17) is 9.47 Å². The van der Waals surface area contributed by atoms with Gasteiger partial charge in [0, 0.05) is 36.6 Å². The fourth-order valence-electron chi connectivity index (χ4n) is 3.93. The van der Waals surface area contributed by atoms with Crippen molar-refractivity contribution in [1.82, 2.24) is 4.90 Å². The maximum absolute atomic E-state index is 13.1. The molecule has 1 aliphatic rings. The summed E-state index contributed by atoms with van der Waals surface area (Å²) in [5.41, 5.74) is 1.63. The number of rotatable bonds is 6. The summed E-state index contributed by atoms with van der Waals surface area (Å²) >= 11 is 1.33. The molecule has 0 radical (unpaired) electrons. The number of halogens is 1. The number of fused-ring (bicyclic) bond motifs is 1. The minimum atomic E-state index is -0.798. The first-order valence-corrected chi connectivity index (χ1v) is 12.3. The number of ether oxygens (including phenoxy) is 2. The SMILES string of the molecule is CC(C)(C)OC(=O)c1c(NC(=O)Oc2ccc([N+](=O)[O-])cc2)sc2c1CCN(Cc1ccccc1)C2.Cl. The standard InChI is InChI=1S/C26H27N3O6S.ClH/c1-26(2,3)35-24(30)22-20-13-14-28(15-17-7-5-4-6-8-17)16-21(20)36-23(22)27-25(31)34-19-11-9-18(10-12-19)29(32)33;/h4-12H,13-16H2,1-3H3,(H,27,31);1H. The van der Waals surface area contributed by atoms with Gasteiger partial charge in [0.05, 0.1) is 10.5 Å². The Kier molecular flexibility index (Phi) is 8.90. The van der Waals surface area contributed by atoms with Crippen molar-refractivity contribution in [3.05, 3.63) is 86.3 Å². The molecule has 0 unspecified atom stereocenters. The van der Waals surface area contributed by atoms with Gasteiger partial charge in [0.2, 0.25) is 0 Å². The van der Waals surface area contributed by atoms with Gasteiger partial charge in [-0.05, 0) is 50.5 Å². The van der Waals surface area contributed by atoms with E-state index in [1.54, 1.807) is 20.8 Å². The summed E-state index contributed by atoms with van der Waals surface area (Å²) in [6, 6.07) is 15.3. The van der Waals surface area contributed by atoms with Gasteiger partial charge in [0.25, 0.3) is 5.69 Å². The molecule has 37 heavy (non-hydrogen) atoms. The molecule has 1 aliphatic heterocycles. The monoisotopic (exact) mass is 545 g/mol. The van der Waals surface area contributed by atoms with Gasteiger partial charge in [-0.25, -0.2) is 9.59 Å². The number of amides is 1. The van der Waals surface area contributed by atoms with Gasteiger partial charge in [-0.2, -0.15) is 0 Å². The number of nitrogens with one attached hydrogen (secondary N) is 1. The molecule has 1 aromatic heterocycles. The van der Waals surface area contributed by atoms with E-state index in [9.17, 15) is 19.7 Å². The Balaban J connectivity index is 0.00000380. The fraction of sp³-hybridized carbons (Fsp3) is 0.308. The molecule has 2 heterocycles. The van der Waals surface area contributed by atoms with Crippen LogP contribution in [0.4, 0.5) is 15.5 Å². The molecule has 3 aromatic rings. The Hall–Kier alpha value is -3.47. The van der Waals surface area contributed by atoms with Crippen LogP contribution < -0.4 is 10.1 Å². The van der Waals surface area contributed by atoms with Crippen LogP contribution in [-0.4, -0.2) is 34.0 Å². The molecule has 2 aromatic carbocycles. The number of nitro groups is 1. The van der Waals surface area contributed by atoms with Crippen LogP contribution in [0.1, 0.15) is 47.1 Å². The van der Waals surface area contributed by atoms with E-state index in [1.807, 2.05) is 18.2 Å². The average Bonchev–Trinajstić information content (AvgIpc) is 3.16. The number of non-ortho nitro benzene ring substituents is 1. The van der Waals surface area contributed by atoms with Crippen LogP contribution in [0.25, 0.3) is 0 Å². The summed E-state index contributed by atoms with van der Waals surface area (Å²) in [6.07, 6.45) is -0.153. The quantitative estimate of drug-likeness (QED) is 0.223. The first-order valence-electron chi connectivity index (χ1n) is 11.5. The summed E-state index contributed by atoms with van der Waals surface area (Å²) in [5, 5.41) is 13.9. The molecule has 11 heteroatoms. The lowest BCUT2D eigenvalue weighted by atomic mass is 10.0. The predicted molar refractivity (Wildman–Crippen MR) is 144 cm³/mol. The molecule has 1 amide bonds. The maximum Gasteiger partial charge on any atom is 0.417 e. The summed E-state index contributed by atoms with van der Waals surface area (Å²) < 4.78 is 10.9. The van der Waals surface area contributed by atoms with Crippen molar-refractivity contribution in [2.45, 2.75) is 45.9 Å². The van der Waals surface area contributed by atoms with Crippen molar-refractivity contribution in [3.8, 4) is 5.75 Å². The predicted octanol–water partition coefficient (Wildman–Crippen LogP) is 6.20. The molecule has 0 saturated carbocycles. The van der Waals surface area contributed by atoms with Crippen LogP contribution >= 0.6 is 23.7 Å². The number of carbonyl (C=O) groups excluding carboxylic acids is 2. The smallest absolute Gasteiger partial charge is 0.417 e. The lowest BCUT2D eigenvalue weighted by Crippen LogP contribution is -2.30. The first kappa shape index (κ1) is 28.1. The molecule has 0 aliphatic carbocycles. The van der Waals surface area contributed by atoms with Crippen LogP contribution in [0.15, 0.2) is 54.6 Å².